The number of nitrogens with zero attached hydrogens (tertiary/aromatic N) is 1. The molecule has 1 aromatic carbocycles. The first-order chi connectivity index (χ1) is 17.2. The standard InChI is InChI=1S/C19H23N7O6.H2O4S/c20-19-25-15-14(17(30)26-19)23-11(8-22-15)7-21-10-3-1-9(2-4-10)16(29)24-12(18(31)32)5-6-13(27)28;1-5(2,3)4/h1-4,11-12,21,23H,5-8H2,(H,24,29)(H,27,28)(H,31,32)(H4,20,22,25,26,30);(H2,1,2,3,4). The minimum absolute atomic E-state index is 0.0281. The van der Waals surface area contributed by atoms with Gasteiger partial charge in [-0.1, -0.05) is 0 Å². The number of benzene rings is 1. The van der Waals surface area contributed by atoms with Crippen molar-refractivity contribution in [1.29, 1.82) is 0 Å². The van der Waals surface area contributed by atoms with E-state index < -0.39 is 34.3 Å². The first-order valence-corrected chi connectivity index (χ1v) is 11.8. The molecule has 1 aliphatic heterocycles. The number of amides is 1. The van der Waals surface area contributed by atoms with E-state index in [-0.39, 0.29) is 36.0 Å². The summed E-state index contributed by atoms with van der Waals surface area (Å²) in [5.41, 5.74) is 6.40. The highest BCUT2D eigenvalue weighted by molar-refractivity contribution is 7.79. The van der Waals surface area contributed by atoms with Gasteiger partial charge >= 0.3 is 22.3 Å². The third kappa shape index (κ3) is 9.99. The molecule has 0 fully saturated rings. The largest absolute Gasteiger partial charge is 0.481 e. The van der Waals surface area contributed by atoms with Crippen molar-refractivity contribution in [2.75, 3.05) is 34.8 Å². The molecule has 2 unspecified atom stereocenters. The third-order valence-electron chi connectivity index (χ3n) is 4.75. The van der Waals surface area contributed by atoms with Gasteiger partial charge in [-0.2, -0.15) is 13.4 Å². The maximum Gasteiger partial charge on any atom is 0.394 e. The van der Waals surface area contributed by atoms with Crippen molar-refractivity contribution >= 4 is 51.4 Å². The summed E-state index contributed by atoms with van der Waals surface area (Å²) in [5.74, 6) is -2.64. The van der Waals surface area contributed by atoms with Crippen LogP contribution in [0.2, 0.25) is 0 Å². The summed E-state index contributed by atoms with van der Waals surface area (Å²) in [7, 11) is -4.67. The monoisotopic (exact) mass is 543 g/mol. The predicted molar refractivity (Wildman–Crippen MR) is 130 cm³/mol. The second-order valence-corrected chi connectivity index (χ2v) is 8.50. The molecule has 202 valence electrons. The molecule has 11 N–H and O–H groups in total. The first kappa shape index (κ1) is 28.8. The van der Waals surface area contributed by atoms with Crippen molar-refractivity contribution in [2.45, 2.75) is 24.9 Å². The van der Waals surface area contributed by atoms with Crippen LogP contribution in [0.25, 0.3) is 0 Å². The number of fused-ring (bicyclic) bond motifs is 1. The van der Waals surface area contributed by atoms with Gasteiger partial charge in [0.15, 0.2) is 5.82 Å². The van der Waals surface area contributed by atoms with Crippen molar-refractivity contribution in [3.05, 3.63) is 40.2 Å². The van der Waals surface area contributed by atoms with Gasteiger partial charge in [0.1, 0.15) is 11.7 Å². The average molecular weight is 544 g/mol. The van der Waals surface area contributed by atoms with E-state index in [0.717, 1.165) is 0 Å². The summed E-state index contributed by atoms with van der Waals surface area (Å²) in [6.45, 7) is 0.960. The fraction of sp³-hybridized carbons (Fsp3) is 0.316. The van der Waals surface area contributed by atoms with Crippen LogP contribution < -0.4 is 32.6 Å². The Bertz CT molecular complexity index is 1290. The smallest absolute Gasteiger partial charge is 0.394 e. The topological polar surface area (TPSA) is 286 Å². The number of aromatic amines is 1. The molecule has 0 saturated carbocycles. The maximum atomic E-state index is 12.3. The van der Waals surface area contributed by atoms with Crippen LogP contribution in [0.15, 0.2) is 29.1 Å². The highest BCUT2D eigenvalue weighted by atomic mass is 32.3. The van der Waals surface area contributed by atoms with Gasteiger partial charge in [-0.15, -0.1) is 0 Å². The Labute approximate surface area is 209 Å². The molecule has 3 rings (SSSR count). The number of carbonyl (C=O) groups excluding carboxylic acids is 1. The zero-order chi connectivity index (χ0) is 27.8. The number of aliphatic carboxylic acids is 2. The van der Waals surface area contributed by atoms with Crippen molar-refractivity contribution in [3.63, 3.8) is 0 Å². The lowest BCUT2D eigenvalue weighted by Gasteiger charge is -2.27. The number of hydrogen-bond acceptors (Lipinski definition) is 11. The number of H-pyrrole nitrogens is 1. The van der Waals surface area contributed by atoms with E-state index in [2.05, 4.69) is 31.2 Å². The number of nitrogens with two attached hydrogens (primary N) is 1. The van der Waals surface area contributed by atoms with E-state index in [0.29, 0.717) is 30.3 Å². The van der Waals surface area contributed by atoms with Gasteiger partial charge in [0.05, 0.1) is 6.04 Å². The van der Waals surface area contributed by atoms with Crippen molar-refractivity contribution in [1.82, 2.24) is 15.3 Å². The summed E-state index contributed by atoms with van der Waals surface area (Å²) >= 11 is 0. The van der Waals surface area contributed by atoms with Gasteiger partial charge < -0.3 is 37.2 Å². The second-order valence-electron chi connectivity index (χ2n) is 7.60. The van der Waals surface area contributed by atoms with Crippen LogP contribution in [0.5, 0.6) is 0 Å². The van der Waals surface area contributed by atoms with Crippen LogP contribution in [0, 0.1) is 0 Å². The van der Waals surface area contributed by atoms with Gasteiger partial charge in [0.25, 0.3) is 11.5 Å². The quantitative estimate of drug-likeness (QED) is 0.171. The van der Waals surface area contributed by atoms with Crippen LogP contribution in [-0.4, -0.2) is 80.7 Å². The molecule has 1 amide bonds. The Morgan fingerprint density at radius 1 is 1.16 bits per heavy atom. The Kier molecular flexibility index (Phi) is 9.75. The molecule has 17 nitrogen and oxygen atoms in total. The Balaban J connectivity index is 0.000000877. The Hall–Kier alpha value is -4.42. The lowest BCUT2D eigenvalue weighted by Crippen LogP contribution is -2.41. The number of anilines is 4. The average Bonchev–Trinajstić information content (AvgIpc) is 2.79. The number of rotatable bonds is 9. The zero-order valence-corrected chi connectivity index (χ0v) is 19.8. The molecule has 0 bridgehead atoms. The summed E-state index contributed by atoms with van der Waals surface area (Å²) in [4.78, 5) is 52.6. The second kappa shape index (κ2) is 12.5. The molecule has 37 heavy (non-hydrogen) atoms. The van der Waals surface area contributed by atoms with Gasteiger partial charge in [-0.3, -0.25) is 28.5 Å². The van der Waals surface area contributed by atoms with E-state index in [1.54, 1.807) is 12.1 Å². The molecule has 1 aromatic heterocycles. The molecule has 18 heteroatoms. The molecule has 2 aromatic rings. The summed E-state index contributed by atoms with van der Waals surface area (Å²) in [6, 6.07) is 4.93. The van der Waals surface area contributed by atoms with E-state index in [1.165, 1.54) is 12.1 Å². The lowest BCUT2D eigenvalue weighted by atomic mass is 10.1. The zero-order valence-electron chi connectivity index (χ0n) is 19.0. The number of carboxylic acids is 2. The number of carboxylic acid groups (broad SMARTS) is 2. The van der Waals surface area contributed by atoms with Gasteiger partial charge in [-0.25, -0.2) is 4.79 Å². The van der Waals surface area contributed by atoms with Crippen molar-refractivity contribution in [3.8, 4) is 0 Å². The van der Waals surface area contributed by atoms with Crippen LogP contribution >= 0.6 is 0 Å². The molecule has 0 aliphatic carbocycles. The van der Waals surface area contributed by atoms with Crippen LogP contribution in [0.4, 0.5) is 23.1 Å². The van der Waals surface area contributed by atoms with Gasteiger partial charge in [0.2, 0.25) is 5.95 Å². The van der Waals surface area contributed by atoms with E-state index in [4.69, 9.17) is 33.5 Å². The minimum atomic E-state index is -4.67. The highest BCUT2D eigenvalue weighted by Gasteiger charge is 2.23. The van der Waals surface area contributed by atoms with Gasteiger partial charge in [0, 0.05) is 30.8 Å². The van der Waals surface area contributed by atoms with E-state index in [9.17, 15) is 19.2 Å². The van der Waals surface area contributed by atoms with Crippen LogP contribution in [0.1, 0.15) is 23.2 Å². The fourth-order valence-electron chi connectivity index (χ4n) is 3.10. The Morgan fingerprint density at radius 3 is 2.35 bits per heavy atom. The number of nitrogen functional groups attached to an aromatic ring is 1. The summed E-state index contributed by atoms with van der Waals surface area (Å²) in [6.07, 6.45) is -0.587. The number of carbonyl (C=O) groups is 3. The molecule has 2 heterocycles. The van der Waals surface area contributed by atoms with Crippen molar-refractivity contribution < 1.29 is 42.1 Å². The summed E-state index contributed by atoms with van der Waals surface area (Å²) < 4.78 is 31.6. The fourth-order valence-corrected chi connectivity index (χ4v) is 3.10. The summed E-state index contributed by atoms with van der Waals surface area (Å²) in [5, 5.41) is 29.5. The maximum absolute atomic E-state index is 12.3. The lowest BCUT2D eigenvalue weighted by molar-refractivity contribution is -0.140. The van der Waals surface area contributed by atoms with Crippen LogP contribution in [0.3, 0.4) is 0 Å². The number of hydrogen-bond donors (Lipinski definition) is 10. The van der Waals surface area contributed by atoms with E-state index in [1.807, 2.05) is 0 Å². The molecule has 1 aliphatic rings. The molecule has 0 radical (unpaired) electrons. The predicted octanol–water partition coefficient (Wildman–Crippen LogP) is -0.935. The molecule has 0 saturated heterocycles. The molecule has 0 spiro atoms. The molecular formula is C19H25N7O10S. The normalized spacial score (nSPS) is 14.9. The van der Waals surface area contributed by atoms with Crippen LogP contribution in [-0.2, 0) is 20.0 Å². The minimum Gasteiger partial charge on any atom is -0.481 e. The van der Waals surface area contributed by atoms with E-state index >= 15 is 0 Å². The highest BCUT2D eigenvalue weighted by Crippen LogP contribution is 2.20. The third-order valence-corrected chi connectivity index (χ3v) is 4.75. The van der Waals surface area contributed by atoms with Crippen molar-refractivity contribution in [2.24, 2.45) is 0 Å². The molecular weight excluding hydrogens is 518 g/mol. The first-order valence-electron chi connectivity index (χ1n) is 10.4. The molecule has 2 atom stereocenters. The van der Waals surface area contributed by atoms with Gasteiger partial charge in [-0.05, 0) is 30.7 Å². The SMILES string of the molecule is Nc1nc2c(c(=O)[nH]1)NC(CNc1ccc(C(=O)NC(CCC(=O)O)C(=O)O)cc1)CN2.O=S(=O)(O)O. The Morgan fingerprint density at radius 2 is 1.78 bits per heavy atom. The number of aromatic nitrogens is 2. The number of nitrogens with one attached hydrogen (secondary N) is 5.